The highest BCUT2D eigenvalue weighted by atomic mass is 32.2. The first-order valence-electron chi connectivity index (χ1n) is 5.87. The van der Waals surface area contributed by atoms with Crippen LogP contribution in [-0.4, -0.2) is 38.0 Å². The van der Waals surface area contributed by atoms with Crippen LogP contribution >= 0.6 is 11.8 Å². The van der Waals surface area contributed by atoms with Gasteiger partial charge in [-0.25, -0.2) is 0 Å². The second-order valence-electron chi connectivity index (χ2n) is 4.20. The van der Waals surface area contributed by atoms with Crippen LogP contribution in [0.4, 0.5) is 0 Å². The average Bonchev–Trinajstić information content (AvgIpc) is 2.37. The summed E-state index contributed by atoms with van der Waals surface area (Å²) in [5.74, 6) is 0.288. The van der Waals surface area contributed by atoms with Crippen molar-refractivity contribution in [1.82, 2.24) is 4.98 Å². The molecular formula is C13H17NO4S. The number of aromatic nitrogens is 1. The van der Waals surface area contributed by atoms with E-state index in [9.17, 15) is 19.8 Å². The summed E-state index contributed by atoms with van der Waals surface area (Å²) in [6.07, 6.45) is 1.01. The van der Waals surface area contributed by atoms with Crippen molar-refractivity contribution in [2.45, 2.75) is 32.5 Å². The van der Waals surface area contributed by atoms with Crippen molar-refractivity contribution in [1.29, 1.82) is 0 Å². The third-order valence-corrected chi connectivity index (χ3v) is 3.44. The van der Waals surface area contributed by atoms with Crippen LogP contribution in [0.25, 0.3) is 0 Å². The Kier molecular flexibility index (Phi) is 6.14. The molecule has 0 aliphatic carbocycles. The Morgan fingerprint density at radius 3 is 2.58 bits per heavy atom. The molecule has 1 aromatic rings. The van der Waals surface area contributed by atoms with E-state index in [0.717, 1.165) is 11.8 Å². The lowest BCUT2D eigenvalue weighted by Gasteiger charge is -2.17. The van der Waals surface area contributed by atoms with E-state index in [4.69, 9.17) is 0 Å². The quantitative estimate of drug-likeness (QED) is 0.766. The first-order valence-corrected chi connectivity index (χ1v) is 6.85. The fraction of sp³-hybridized carbons (Fsp3) is 0.462. The van der Waals surface area contributed by atoms with Crippen molar-refractivity contribution >= 4 is 22.7 Å². The summed E-state index contributed by atoms with van der Waals surface area (Å²) in [6, 6.07) is 1.52. The molecule has 0 aromatic carbocycles. The summed E-state index contributed by atoms with van der Waals surface area (Å²) < 4.78 is 0. The minimum atomic E-state index is -1.11. The maximum absolute atomic E-state index is 11.2. The van der Waals surface area contributed by atoms with E-state index in [-0.39, 0.29) is 17.3 Å². The standard InChI is InChI=1S/C13H17NO4S/c1-8(15)10-5-11(7-14-6-10)13(18)12(17)3-4-19-9(2)16/h5-7,12-13,17-18H,3-4H2,1-2H3. The van der Waals surface area contributed by atoms with E-state index >= 15 is 0 Å². The van der Waals surface area contributed by atoms with Crippen LogP contribution in [0.15, 0.2) is 18.5 Å². The number of ketones is 1. The number of pyridine rings is 1. The molecule has 0 amide bonds. The monoisotopic (exact) mass is 283 g/mol. The molecule has 19 heavy (non-hydrogen) atoms. The van der Waals surface area contributed by atoms with E-state index in [0.29, 0.717) is 16.9 Å². The lowest BCUT2D eigenvalue weighted by atomic mass is 10.0. The molecule has 2 atom stereocenters. The normalized spacial score (nSPS) is 13.9. The van der Waals surface area contributed by atoms with E-state index in [2.05, 4.69) is 4.98 Å². The summed E-state index contributed by atoms with van der Waals surface area (Å²) in [4.78, 5) is 25.8. The number of hydrogen-bond donors (Lipinski definition) is 2. The molecule has 0 aliphatic rings. The summed E-state index contributed by atoms with van der Waals surface area (Å²) in [6.45, 7) is 2.86. The first kappa shape index (κ1) is 15.8. The molecule has 1 heterocycles. The molecule has 0 spiro atoms. The van der Waals surface area contributed by atoms with Gasteiger partial charge in [0.05, 0.1) is 6.10 Å². The Morgan fingerprint density at radius 2 is 2.00 bits per heavy atom. The van der Waals surface area contributed by atoms with Gasteiger partial charge in [-0.15, -0.1) is 0 Å². The Balaban J connectivity index is 2.65. The molecule has 0 bridgehead atoms. The van der Waals surface area contributed by atoms with Crippen LogP contribution in [0.2, 0.25) is 0 Å². The van der Waals surface area contributed by atoms with Crippen molar-refractivity contribution in [3.05, 3.63) is 29.6 Å². The zero-order chi connectivity index (χ0) is 14.4. The highest BCUT2D eigenvalue weighted by Crippen LogP contribution is 2.20. The van der Waals surface area contributed by atoms with Crippen LogP contribution in [0.5, 0.6) is 0 Å². The predicted molar refractivity (Wildman–Crippen MR) is 73.0 cm³/mol. The van der Waals surface area contributed by atoms with Gasteiger partial charge in [-0.2, -0.15) is 0 Å². The van der Waals surface area contributed by atoms with E-state index in [1.54, 1.807) is 0 Å². The molecule has 0 saturated carbocycles. The van der Waals surface area contributed by atoms with Gasteiger partial charge in [-0.05, 0) is 19.4 Å². The van der Waals surface area contributed by atoms with Gasteiger partial charge in [-0.3, -0.25) is 14.6 Å². The summed E-state index contributed by atoms with van der Waals surface area (Å²) >= 11 is 1.10. The maximum Gasteiger partial charge on any atom is 0.185 e. The Bertz CT molecular complexity index is 464. The van der Waals surface area contributed by atoms with Crippen LogP contribution < -0.4 is 0 Å². The van der Waals surface area contributed by atoms with Crippen molar-refractivity contribution < 1.29 is 19.8 Å². The molecule has 0 aliphatic heterocycles. The topological polar surface area (TPSA) is 87.5 Å². The van der Waals surface area contributed by atoms with E-state index in [1.165, 1.54) is 32.3 Å². The third kappa shape index (κ3) is 5.10. The zero-order valence-corrected chi connectivity index (χ0v) is 11.7. The zero-order valence-electron chi connectivity index (χ0n) is 10.9. The molecule has 6 heteroatoms. The molecule has 0 radical (unpaired) electrons. The van der Waals surface area contributed by atoms with Gasteiger partial charge in [0, 0.05) is 36.2 Å². The highest BCUT2D eigenvalue weighted by Gasteiger charge is 2.19. The number of carbonyl (C=O) groups excluding carboxylic acids is 2. The lowest BCUT2D eigenvalue weighted by molar-refractivity contribution is -0.109. The number of carbonyl (C=O) groups is 2. The van der Waals surface area contributed by atoms with Crippen LogP contribution in [0.3, 0.4) is 0 Å². The number of rotatable bonds is 6. The van der Waals surface area contributed by atoms with Crippen LogP contribution in [-0.2, 0) is 4.79 Å². The molecule has 104 valence electrons. The maximum atomic E-state index is 11.2. The number of thioether (sulfide) groups is 1. The molecule has 5 nitrogen and oxygen atoms in total. The van der Waals surface area contributed by atoms with Crippen LogP contribution in [0.1, 0.15) is 42.3 Å². The molecule has 0 saturated heterocycles. The number of Topliss-reactive ketones (excluding diaryl/α,β-unsaturated/α-hetero) is 1. The summed E-state index contributed by atoms with van der Waals surface area (Å²) in [7, 11) is 0. The number of nitrogens with zero attached hydrogens (tertiary/aromatic N) is 1. The van der Waals surface area contributed by atoms with E-state index < -0.39 is 12.2 Å². The number of aliphatic hydroxyl groups is 2. The van der Waals surface area contributed by atoms with Crippen molar-refractivity contribution in [2.75, 3.05) is 5.75 Å². The SMILES string of the molecule is CC(=O)SCCC(O)C(O)c1cncc(C(C)=O)c1. The smallest absolute Gasteiger partial charge is 0.185 e. The number of hydrogen-bond acceptors (Lipinski definition) is 6. The summed E-state index contributed by atoms with van der Waals surface area (Å²) in [5, 5.41) is 19.8. The van der Waals surface area contributed by atoms with Gasteiger partial charge in [0.25, 0.3) is 0 Å². The second-order valence-corrected chi connectivity index (χ2v) is 5.48. The third-order valence-electron chi connectivity index (χ3n) is 2.59. The minimum absolute atomic E-state index is 0.0260. The fourth-order valence-electron chi connectivity index (χ4n) is 1.52. The van der Waals surface area contributed by atoms with Crippen molar-refractivity contribution in [2.24, 2.45) is 0 Å². The Hall–Kier alpha value is -1.24. The number of aliphatic hydroxyl groups excluding tert-OH is 2. The molecule has 2 N–H and O–H groups in total. The van der Waals surface area contributed by atoms with Gasteiger partial charge in [0.2, 0.25) is 0 Å². The van der Waals surface area contributed by atoms with Crippen molar-refractivity contribution in [3.63, 3.8) is 0 Å². The second kappa shape index (κ2) is 7.37. The van der Waals surface area contributed by atoms with E-state index in [1.807, 2.05) is 0 Å². The molecule has 0 fully saturated rings. The first-order chi connectivity index (χ1) is 8.91. The van der Waals surface area contributed by atoms with Gasteiger partial charge in [0.15, 0.2) is 10.9 Å². The summed E-state index contributed by atoms with van der Waals surface area (Å²) in [5.41, 5.74) is 0.787. The Labute approximate surface area is 116 Å². The van der Waals surface area contributed by atoms with Crippen molar-refractivity contribution in [3.8, 4) is 0 Å². The highest BCUT2D eigenvalue weighted by molar-refractivity contribution is 8.13. The van der Waals surface area contributed by atoms with Gasteiger partial charge < -0.3 is 10.2 Å². The van der Waals surface area contributed by atoms with Crippen LogP contribution in [0, 0.1) is 0 Å². The predicted octanol–water partition coefficient (Wildman–Crippen LogP) is 1.35. The minimum Gasteiger partial charge on any atom is -0.390 e. The van der Waals surface area contributed by atoms with Gasteiger partial charge in [-0.1, -0.05) is 11.8 Å². The molecule has 1 aromatic heterocycles. The average molecular weight is 283 g/mol. The largest absolute Gasteiger partial charge is 0.390 e. The fourth-order valence-corrected chi connectivity index (χ4v) is 2.16. The Morgan fingerprint density at radius 1 is 1.32 bits per heavy atom. The molecule has 1 rings (SSSR count). The lowest BCUT2D eigenvalue weighted by Crippen LogP contribution is -2.19. The van der Waals surface area contributed by atoms with Gasteiger partial charge in [0.1, 0.15) is 6.10 Å². The molecule has 2 unspecified atom stereocenters. The van der Waals surface area contributed by atoms with Gasteiger partial charge >= 0.3 is 0 Å². The molecular weight excluding hydrogens is 266 g/mol.